The summed E-state index contributed by atoms with van der Waals surface area (Å²) in [7, 11) is 0. The molecule has 12 heavy (non-hydrogen) atoms. The fraction of sp³-hybridized carbons (Fsp3) is 0.818. The molecule has 0 radical (unpaired) electrons. The van der Waals surface area contributed by atoms with Crippen LogP contribution < -0.4 is 0 Å². The Morgan fingerprint density at radius 3 is 2.50 bits per heavy atom. The fourth-order valence-electron chi connectivity index (χ4n) is 1.42. The lowest BCUT2D eigenvalue weighted by molar-refractivity contribution is 0.447. The van der Waals surface area contributed by atoms with Gasteiger partial charge >= 0.3 is 0 Å². The van der Waals surface area contributed by atoms with Crippen molar-refractivity contribution in [1.82, 2.24) is 0 Å². The van der Waals surface area contributed by atoms with E-state index in [4.69, 9.17) is 0 Å². The van der Waals surface area contributed by atoms with Crippen LogP contribution in [0.5, 0.6) is 0 Å². The zero-order valence-electron chi connectivity index (χ0n) is 8.52. The summed E-state index contributed by atoms with van der Waals surface area (Å²) >= 11 is 0. The lowest BCUT2D eigenvalue weighted by atomic mass is 9.93. The Hall–Kier alpha value is -0.550. The minimum Gasteiger partial charge on any atom is -0.234 e. The van der Waals surface area contributed by atoms with E-state index in [0.29, 0.717) is 5.92 Å². The lowest BCUT2D eigenvalue weighted by Crippen LogP contribution is -1.99. The SMILES string of the molecule is CCCCC(CC)CC(C)=C=O. The van der Waals surface area contributed by atoms with Gasteiger partial charge in [0.15, 0.2) is 0 Å². The Morgan fingerprint density at radius 2 is 2.08 bits per heavy atom. The van der Waals surface area contributed by atoms with E-state index in [1.54, 1.807) is 0 Å². The van der Waals surface area contributed by atoms with Crippen LogP contribution in [0.25, 0.3) is 0 Å². The van der Waals surface area contributed by atoms with Crippen LogP contribution in [0.1, 0.15) is 52.9 Å². The first-order valence-corrected chi connectivity index (χ1v) is 4.95. The topological polar surface area (TPSA) is 17.1 Å². The number of rotatable bonds is 6. The van der Waals surface area contributed by atoms with Crippen molar-refractivity contribution in [3.8, 4) is 0 Å². The predicted molar refractivity (Wildman–Crippen MR) is 52.8 cm³/mol. The molecule has 0 amide bonds. The van der Waals surface area contributed by atoms with Crippen molar-refractivity contribution in [2.75, 3.05) is 0 Å². The van der Waals surface area contributed by atoms with Gasteiger partial charge in [0, 0.05) is 5.57 Å². The molecule has 0 aliphatic carbocycles. The fourth-order valence-corrected chi connectivity index (χ4v) is 1.42. The molecule has 0 fully saturated rings. The second-order valence-corrected chi connectivity index (χ2v) is 3.50. The maximum atomic E-state index is 10.3. The van der Waals surface area contributed by atoms with Crippen LogP contribution in [-0.2, 0) is 4.79 Å². The first-order valence-electron chi connectivity index (χ1n) is 4.95. The van der Waals surface area contributed by atoms with Gasteiger partial charge in [-0.05, 0) is 19.3 Å². The van der Waals surface area contributed by atoms with E-state index < -0.39 is 0 Å². The number of carbonyl (C=O) groups excluding carboxylic acids is 1. The van der Waals surface area contributed by atoms with E-state index in [9.17, 15) is 4.79 Å². The van der Waals surface area contributed by atoms with Crippen LogP contribution in [0.2, 0.25) is 0 Å². The Morgan fingerprint density at radius 1 is 1.42 bits per heavy atom. The normalized spacial score (nSPS) is 12.2. The smallest absolute Gasteiger partial charge is 0.123 e. The minimum absolute atomic E-state index is 0.700. The third kappa shape index (κ3) is 5.15. The van der Waals surface area contributed by atoms with Gasteiger partial charge in [-0.3, -0.25) is 0 Å². The van der Waals surface area contributed by atoms with Crippen LogP contribution in [-0.4, -0.2) is 5.94 Å². The highest BCUT2D eigenvalue weighted by Crippen LogP contribution is 2.19. The van der Waals surface area contributed by atoms with Gasteiger partial charge in [0.1, 0.15) is 5.94 Å². The summed E-state index contributed by atoms with van der Waals surface area (Å²) < 4.78 is 0. The van der Waals surface area contributed by atoms with Gasteiger partial charge in [-0.1, -0.05) is 39.5 Å². The predicted octanol–water partition coefficient (Wildman–Crippen LogP) is 3.37. The van der Waals surface area contributed by atoms with Gasteiger partial charge in [-0.15, -0.1) is 0 Å². The molecule has 0 saturated carbocycles. The molecule has 0 saturated heterocycles. The first-order chi connectivity index (χ1) is 5.74. The molecular formula is C11H20O. The molecule has 0 spiro atoms. The van der Waals surface area contributed by atoms with Crippen molar-refractivity contribution in [2.45, 2.75) is 52.9 Å². The van der Waals surface area contributed by atoms with Crippen molar-refractivity contribution in [3.05, 3.63) is 5.57 Å². The van der Waals surface area contributed by atoms with E-state index in [0.717, 1.165) is 12.0 Å². The Bertz CT molecular complexity index is 154. The van der Waals surface area contributed by atoms with Crippen LogP contribution in [0, 0.1) is 5.92 Å². The van der Waals surface area contributed by atoms with E-state index in [1.807, 2.05) is 12.9 Å². The maximum absolute atomic E-state index is 10.3. The number of hydrogen-bond acceptors (Lipinski definition) is 1. The molecule has 1 heteroatoms. The summed E-state index contributed by atoms with van der Waals surface area (Å²) in [6, 6.07) is 0. The number of allylic oxidation sites excluding steroid dienone is 1. The van der Waals surface area contributed by atoms with Gasteiger partial charge in [-0.25, -0.2) is 4.79 Å². The van der Waals surface area contributed by atoms with Gasteiger partial charge < -0.3 is 0 Å². The summed E-state index contributed by atoms with van der Waals surface area (Å²) in [5, 5.41) is 0. The summed E-state index contributed by atoms with van der Waals surface area (Å²) in [6.45, 7) is 6.27. The summed E-state index contributed by atoms with van der Waals surface area (Å²) in [4.78, 5) is 10.3. The zero-order chi connectivity index (χ0) is 9.40. The summed E-state index contributed by atoms with van der Waals surface area (Å²) in [5.74, 6) is 2.67. The minimum atomic E-state index is 0.700. The number of hydrogen-bond donors (Lipinski definition) is 0. The van der Waals surface area contributed by atoms with Gasteiger partial charge in [0.2, 0.25) is 0 Å². The average Bonchev–Trinajstić information content (AvgIpc) is 2.11. The van der Waals surface area contributed by atoms with E-state index in [1.165, 1.54) is 25.7 Å². The van der Waals surface area contributed by atoms with E-state index >= 15 is 0 Å². The second kappa shape index (κ2) is 7.12. The van der Waals surface area contributed by atoms with Crippen molar-refractivity contribution >= 4 is 5.94 Å². The van der Waals surface area contributed by atoms with Crippen molar-refractivity contribution < 1.29 is 4.79 Å². The highest BCUT2D eigenvalue weighted by atomic mass is 16.1. The van der Waals surface area contributed by atoms with E-state index in [-0.39, 0.29) is 0 Å². The molecule has 70 valence electrons. The van der Waals surface area contributed by atoms with Gasteiger partial charge in [-0.2, -0.15) is 0 Å². The lowest BCUT2D eigenvalue weighted by Gasteiger charge is -2.12. The van der Waals surface area contributed by atoms with Crippen LogP contribution >= 0.6 is 0 Å². The number of unbranched alkanes of at least 4 members (excludes halogenated alkanes) is 1. The highest BCUT2D eigenvalue weighted by molar-refractivity contribution is 5.51. The highest BCUT2D eigenvalue weighted by Gasteiger charge is 2.06. The third-order valence-electron chi connectivity index (χ3n) is 2.31. The van der Waals surface area contributed by atoms with Gasteiger partial charge in [0.25, 0.3) is 0 Å². The largest absolute Gasteiger partial charge is 0.234 e. The van der Waals surface area contributed by atoms with E-state index in [2.05, 4.69) is 13.8 Å². The molecule has 0 aromatic carbocycles. The second-order valence-electron chi connectivity index (χ2n) is 3.50. The molecule has 0 aliphatic heterocycles. The van der Waals surface area contributed by atoms with Crippen LogP contribution in [0.15, 0.2) is 5.57 Å². The monoisotopic (exact) mass is 168 g/mol. The molecule has 0 aromatic heterocycles. The maximum Gasteiger partial charge on any atom is 0.123 e. The molecular weight excluding hydrogens is 148 g/mol. The zero-order valence-corrected chi connectivity index (χ0v) is 8.52. The van der Waals surface area contributed by atoms with Crippen LogP contribution in [0.3, 0.4) is 0 Å². The quantitative estimate of drug-likeness (QED) is 0.556. The Kier molecular flexibility index (Phi) is 6.79. The molecule has 0 N–H and O–H groups in total. The molecule has 0 aromatic rings. The van der Waals surface area contributed by atoms with Crippen molar-refractivity contribution in [2.24, 2.45) is 5.92 Å². The molecule has 1 nitrogen and oxygen atoms in total. The van der Waals surface area contributed by atoms with Crippen molar-refractivity contribution in [3.63, 3.8) is 0 Å². The molecule has 0 bridgehead atoms. The molecule has 1 atom stereocenters. The first kappa shape index (κ1) is 11.4. The Labute approximate surface area is 75.9 Å². The molecule has 0 aliphatic rings. The van der Waals surface area contributed by atoms with Gasteiger partial charge in [0.05, 0.1) is 0 Å². The molecule has 0 rings (SSSR count). The molecule has 1 unspecified atom stereocenters. The standard InChI is InChI=1S/C11H20O/c1-4-6-7-11(5-2)8-10(3)9-12/h11H,4-8H2,1-3H3. The average molecular weight is 168 g/mol. The third-order valence-corrected chi connectivity index (χ3v) is 2.31. The summed E-state index contributed by atoms with van der Waals surface area (Å²) in [5.41, 5.74) is 0.873. The summed E-state index contributed by atoms with van der Waals surface area (Å²) in [6.07, 6.45) is 5.91. The molecule has 0 heterocycles. The van der Waals surface area contributed by atoms with Crippen LogP contribution in [0.4, 0.5) is 0 Å². The van der Waals surface area contributed by atoms with Crippen molar-refractivity contribution in [1.29, 1.82) is 0 Å². The Balaban J connectivity index is 3.74.